The van der Waals surface area contributed by atoms with Crippen LogP contribution in [0.15, 0.2) is 45.1 Å². The van der Waals surface area contributed by atoms with Gasteiger partial charge in [0, 0.05) is 5.41 Å². The maximum atomic E-state index is 2.50. The van der Waals surface area contributed by atoms with Crippen LogP contribution < -0.4 is 0 Å². The summed E-state index contributed by atoms with van der Waals surface area (Å²) in [5.41, 5.74) is 11.4. The van der Waals surface area contributed by atoms with E-state index >= 15 is 0 Å². The van der Waals surface area contributed by atoms with Gasteiger partial charge in [0.15, 0.2) is 0 Å². The second-order valence-electron chi connectivity index (χ2n) is 6.12. The van der Waals surface area contributed by atoms with Crippen molar-refractivity contribution < 1.29 is 0 Å². The molecule has 0 saturated heterocycles. The van der Waals surface area contributed by atoms with Gasteiger partial charge in [0.05, 0.1) is 0 Å². The van der Waals surface area contributed by atoms with Crippen LogP contribution in [0.4, 0.5) is 0 Å². The molecule has 0 radical (unpaired) electrons. The van der Waals surface area contributed by atoms with Crippen LogP contribution in [0.1, 0.15) is 53.9 Å². The van der Waals surface area contributed by atoms with E-state index in [2.05, 4.69) is 40.7 Å². The lowest BCUT2D eigenvalue weighted by atomic mass is 9.71. The Morgan fingerprint density at radius 3 is 1.94 bits per heavy atom. The molecule has 1 saturated carbocycles. The van der Waals surface area contributed by atoms with Crippen LogP contribution in [0.2, 0.25) is 0 Å². The number of rotatable bonds is 1. The molecule has 17 heavy (non-hydrogen) atoms. The van der Waals surface area contributed by atoms with Gasteiger partial charge in [-0.25, -0.2) is 0 Å². The third kappa shape index (κ3) is 1.19. The minimum absolute atomic E-state index is 0.200. The Morgan fingerprint density at radius 2 is 1.53 bits per heavy atom. The van der Waals surface area contributed by atoms with Crippen molar-refractivity contribution in [2.75, 3.05) is 0 Å². The monoisotopic (exact) mass is 226 g/mol. The van der Waals surface area contributed by atoms with Crippen LogP contribution in [-0.2, 0) is 0 Å². The molecule has 0 aromatic rings. The number of hydrogen-bond acceptors (Lipinski definition) is 0. The number of fused-ring (bicyclic) bond motifs is 2. The molecular formula is C17H22. The first-order valence-corrected chi connectivity index (χ1v) is 6.74. The van der Waals surface area contributed by atoms with Gasteiger partial charge in [0.2, 0.25) is 0 Å². The number of hydrogen-bond donors (Lipinski definition) is 0. The first-order valence-electron chi connectivity index (χ1n) is 6.74. The van der Waals surface area contributed by atoms with E-state index in [9.17, 15) is 0 Å². The maximum absolute atomic E-state index is 2.50. The van der Waals surface area contributed by atoms with Crippen LogP contribution in [0.5, 0.6) is 0 Å². The predicted molar refractivity (Wildman–Crippen MR) is 73.8 cm³/mol. The van der Waals surface area contributed by atoms with Gasteiger partial charge in [0.1, 0.15) is 0 Å². The molecule has 0 unspecified atom stereocenters. The normalized spacial score (nSPS) is 26.5. The summed E-state index contributed by atoms with van der Waals surface area (Å²) < 4.78 is 0. The van der Waals surface area contributed by atoms with Crippen LogP contribution in [0.25, 0.3) is 0 Å². The molecule has 0 atom stereocenters. The third-order valence-corrected chi connectivity index (χ3v) is 5.64. The highest BCUT2D eigenvalue weighted by atomic mass is 14.5. The SMILES string of the molecule is CC1=C(C)C(C)(C2=C3CCC(=C2)C3)C(C)=C1C. The van der Waals surface area contributed by atoms with Crippen molar-refractivity contribution in [1.82, 2.24) is 0 Å². The van der Waals surface area contributed by atoms with Crippen LogP contribution in [0, 0.1) is 5.41 Å². The molecule has 1 fully saturated rings. The van der Waals surface area contributed by atoms with E-state index in [4.69, 9.17) is 0 Å². The van der Waals surface area contributed by atoms with Gasteiger partial charge in [0.25, 0.3) is 0 Å². The fourth-order valence-electron chi connectivity index (χ4n) is 3.92. The van der Waals surface area contributed by atoms with E-state index in [-0.39, 0.29) is 5.41 Å². The van der Waals surface area contributed by atoms with Crippen LogP contribution >= 0.6 is 0 Å². The zero-order valence-electron chi connectivity index (χ0n) is 11.7. The highest BCUT2D eigenvalue weighted by Crippen LogP contribution is 2.56. The Balaban J connectivity index is 2.19. The summed E-state index contributed by atoms with van der Waals surface area (Å²) >= 11 is 0. The third-order valence-electron chi connectivity index (χ3n) is 5.64. The zero-order chi connectivity index (χ0) is 12.4. The summed E-state index contributed by atoms with van der Waals surface area (Å²) in [5, 5.41) is 0. The standard InChI is InChI=1S/C17H22/c1-10-11(2)13(4)17(5,12(10)3)16-9-14-6-7-15(16)8-14/h9H,6-8H2,1-5H3. The summed E-state index contributed by atoms with van der Waals surface area (Å²) in [6, 6.07) is 0. The van der Waals surface area contributed by atoms with Gasteiger partial charge in [-0.05, 0) is 70.6 Å². The molecule has 90 valence electrons. The lowest BCUT2D eigenvalue weighted by Crippen LogP contribution is -2.20. The lowest BCUT2D eigenvalue weighted by Gasteiger charge is -2.32. The molecule has 2 bridgehead atoms. The van der Waals surface area contributed by atoms with Crippen molar-refractivity contribution in [3.63, 3.8) is 0 Å². The molecular weight excluding hydrogens is 204 g/mol. The Labute approximate surface area is 105 Å². The van der Waals surface area contributed by atoms with E-state index in [1.54, 1.807) is 27.9 Å². The maximum Gasteiger partial charge on any atom is 0.0348 e. The van der Waals surface area contributed by atoms with E-state index in [1.807, 2.05) is 0 Å². The Bertz CT molecular complexity index is 508. The van der Waals surface area contributed by atoms with E-state index in [1.165, 1.54) is 30.4 Å². The summed E-state index contributed by atoms with van der Waals surface area (Å²) in [4.78, 5) is 0. The first-order chi connectivity index (χ1) is 7.96. The summed E-state index contributed by atoms with van der Waals surface area (Å²) in [6.07, 6.45) is 6.40. The Kier molecular flexibility index (Phi) is 2.12. The quantitative estimate of drug-likeness (QED) is 0.583. The van der Waals surface area contributed by atoms with Crippen molar-refractivity contribution in [3.05, 3.63) is 45.1 Å². The predicted octanol–water partition coefficient (Wildman–Crippen LogP) is 5.10. The molecule has 0 aliphatic heterocycles. The van der Waals surface area contributed by atoms with E-state index in [0.717, 1.165) is 0 Å². The van der Waals surface area contributed by atoms with Crippen molar-refractivity contribution in [2.45, 2.75) is 53.9 Å². The average Bonchev–Trinajstić information content (AvgIpc) is 2.98. The molecule has 0 spiro atoms. The fourth-order valence-corrected chi connectivity index (χ4v) is 3.92. The minimum atomic E-state index is 0.200. The van der Waals surface area contributed by atoms with Gasteiger partial charge in [-0.3, -0.25) is 0 Å². The van der Waals surface area contributed by atoms with Crippen LogP contribution in [0.3, 0.4) is 0 Å². The zero-order valence-corrected chi connectivity index (χ0v) is 11.7. The van der Waals surface area contributed by atoms with Gasteiger partial charge >= 0.3 is 0 Å². The molecule has 0 aromatic carbocycles. The average molecular weight is 226 g/mol. The highest BCUT2D eigenvalue weighted by Gasteiger charge is 2.42. The molecule has 0 amide bonds. The second-order valence-corrected chi connectivity index (χ2v) is 6.12. The second kappa shape index (κ2) is 3.25. The highest BCUT2D eigenvalue weighted by molar-refractivity contribution is 5.61. The summed E-state index contributed by atoms with van der Waals surface area (Å²) in [5.74, 6) is 0. The molecule has 0 aromatic heterocycles. The molecule has 3 aliphatic rings. The number of allylic oxidation sites excluding steroid dienone is 8. The largest absolute Gasteiger partial charge is 0.0655 e. The van der Waals surface area contributed by atoms with Crippen LogP contribution in [-0.4, -0.2) is 0 Å². The van der Waals surface area contributed by atoms with Crippen molar-refractivity contribution >= 4 is 0 Å². The molecule has 0 heterocycles. The van der Waals surface area contributed by atoms with Gasteiger partial charge in [-0.1, -0.05) is 28.4 Å². The summed E-state index contributed by atoms with van der Waals surface area (Å²) in [6.45, 7) is 11.6. The lowest BCUT2D eigenvalue weighted by molar-refractivity contribution is 0.587. The topological polar surface area (TPSA) is 0 Å². The van der Waals surface area contributed by atoms with E-state index in [0.29, 0.717) is 0 Å². The van der Waals surface area contributed by atoms with Crippen molar-refractivity contribution in [1.29, 1.82) is 0 Å². The van der Waals surface area contributed by atoms with Crippen molar-refractivity contribution in [3.8, 4) is 0 Å². The summed E-state index contributed by atoms with van der Waals surface area (Å²) in [7, 11) is 0. The smallest absolute Gasteiger partial charge is 0.0348 e. The van der Waals surface area contributed by atoms with E-state index < -0.39 is 0 Å². The molecule has 0 heteroatoms. The van der Waals surface area contributed by atoms with Gasteiger partial charge < -0.3 is 0 Å². The Hall–Kier alpha value is -1.04. The Morgan fingerprint density at radius 1 is 0.941 bits per heavy atom. The van der Waals surface area contributed by atoms with Gasteiger partial charge in [-0.15, -0.1) is 0 Å². The first kappa shape index (κ1) is 11.1. The van der Waals surface area contributed by atoms with Crippen molar-refractivity contribution in [2.24, 2.45) is 5.41 Å². The minimum Gasteiger partial charge on any atom is -0.0655 e. The fraction of sp³-hybridized carbons (Fsp3) is 0.529. The molecule has 0 N–H and O–H groups in total. The molecule has 0 nitrogen and oxygen atoms in total. The molecule has 3 aliphatic carbocycles. The molecule has 3 rings (SSSR count). The van der Waals surface area contributed by atoms with Gasteiger partial charge in [-0.2, -0.15) is 0 Å².